The number of nitro benzene ring substituents is 1. The van der Waals surface area contributed by atoms with Crippen molar-refractivity contribution < 1.29 is 18.8 Å². The van der Waals surface area contributed by atoms with Gasteiger partial charge in [0.1, 0.15) is 11.6 Å². The molecule has 1 unspecified atom stereocenters. The van der Waals surface area contributed by atoms with Gasteiger partial charge in [0, 0.05) is 18.7 Å². The van der Waals surface area contributed by atoms with Crippen LogP contribution in [0.5, 0.6) is 5.75 Å². The van der Waals surface area contributed by atoms with Gasteiger partial charge in [-0.05, 0) is 37.9 Å². The largest absolute Gasteiger partial charge is 0.495 e. The Morgan fingerprint density at radius 3 is 2.48 bits per heavy atom. The molecule has 8 nitrogen and oxygen atoms in total. The zero-order valence-electron chi connectivity index (χ0n) is 15.2. The van der Waals surface area contributed by atoms with E-state index >= 15 is 0 Å². The first kappa shape index (κ1) is 20.1. The third-order valence-corrected chi connectivity index (χ3v) is 3.98. The Bertz CT molecular complexity index is 812. The second-order valence-corrected chi connectivity index (χ2v) is 6.01. The fourth-order valence-corrected chi connectivity index (χ4v) is 2.55. The van der Waals surface area contributed by atoms with Crippen molar-refractivity contribution in [3.05, 3.63) is 64.0 Å². The maximum absolute atomic E-state index is 13.1. The summed E-state index contributed by atoms with van der Waals surface area (Å²) in [5, 5.41) is 16.2. The molecule has 0 bridgehead atoms. The maximum Gasteiger partial charge on any atom is 0.319 e. The van der Waals surface area contributed by atoms with E-state index in [0.717, 1.165) is 5.56 Å². The lowest BCUT2D eigenvalue weighted by Gasteiger charge is -2.25. The molecule has 0 radical (unpaired) electrons. The van der Waals surface area contributed by atoms with Crippen LogP contribution in [0, 0.1) is 15.9 Å². The third-order valence-electron chi connectivity index (χ3n) is 3.98. The summed E-state index contributed by atoms with van der Waals surface area (Å²) in [5.74, 6) is -0.0295. The van der Waals surface area contributed by atoms with Crippen molar-refractivity contribution in [1.29, 1.82) is 0 Å². The number of halogens is 1. The number of anilines is 1. The molecule has 2 N–H and O–H groups in total. The fourth-order valence-electron chi connectivity index (χ4n) is 2.55. The van der Waals surface area contributed by atoms with E-state index in [4.69, 9.17) is 4.74 Å². The van der Waals surface area contributed by atoms with Crippen molar-refractivity contribution in [3.8, 4) is 5.75 Å². The monoisotopic (exact) mass is 376 g/mol. The quantitative estimate of drug-likeness (QED) is 0.571. The molecule has 0 fully saturated rings. The van der Waals surface area contributed by atoms with Crippen molar-refractivity contribution in [1.82, 2.24) is 10.2 Å². The predicted molar refractivity (Wildman–Crippen MR) is 99.5 cm³/mol. The Morgan fingerprint density at radius 1 is 1.26 bits per heavy atom. The first-order valence-corrected chi connectivity index (χ1v) is 8.11. The van der Waals surface area contributed by atoms with Crippen LogP contribution in [0.2, 0.25) is 0 Å². The Morgan fingerprint density at radius 2 is 1.93 bits per heavy atom. The summed E-state index contributed by atoms with van der Waals surface area (Å²) in [6, 6.07) is 9.24. The lowest BCUT2D eigenvalue weighted by molar-refractivity contribution is -0.384. The third kappa shape index (κ3) is 5.38. The number of nitrogens with zero attached hydrogens (tertiary/aromatic N) is 2. The van der Waals surface area contributed by atoms with E-state index in [1.165, 1.54) is 37.4 Å². The number of carbonyl (C=O) groups is 1. The molecule has 9 heteroatoms. The lowest BCUT2D eigenvalue weighted by atomic mass is 10.1. The molecule has 0 aliphatic carbocycles. The molecule has 2 rings (SSSR count). The molecule has 1 atom stereocenters. The van der Waals surface area contributed by atoms with Crippen molar-refractivity contribution in [2.45, 2.75) is 6.04 Å². The summed E-state index contributed by atoms with van der Waals surface area (Å²) in [5.41, 5.74) is 0.866. The summed E-state index contributed by atoms with van der Waals surface area (Å²) in [7, 11) is 5.09. The number of benzene rings is 2. The normalized spacial score (nSPS) is 11.7. The Hall–Kier alpha value is -3.20. The Kier molecular flexibility index (Phi) is 6.67. The van der Waals surface area contributed by atoms with Gasteiger partial charge in [0.15, 0.2) is 0 Å². The van der Waals surface area contributed by atoms with Gasteiger partial charge in [-0.2, -0.15) is 0 Å². The molecular formula is C18H21FN4O4. The minimum atomic E-state index is -0.556. The highest BCUT2D eigenvalue weighted by molar-refractivity contribution is 5.91. The van der Waals surface area contributed by atoms with E-state index in [1.807, 2.05) is 19.0 Å². The van der Waals surface area contributed by atoms with Crippen LogP contribution in [0.1, 0.15) is 11.6 Å². The highest BCUT2D eigenvalue weighted by Gasteiger charge is 2.17. The number of hydrogen-bond acceptors (Lipinski definition) is 5. The van der Waals surface area contributed by atoms with Crippen LogP contribution >= 0.6 is 0 Å². The van der Waals surface area contributed by atoms with Gasteiger partial charge < -0.3 is 20.3 Å². The number of methoxy groups -OCH3 is 1. The summed E-state index contributed by atoms with van der Waals surface area (Å²) in [6.45, 7) is 0.252. The van der Waals surface area contributed by atoms with Gasteiger partial charge in [-0.25, -0.2) is 9.18 Å². The van der Waals surface area contributed by atoms with Gasteiger partial charge >= 0.3 is 6.03 Å². The van der Waals surface area contributed by atoms with E-state index < -0.39 is 11.0 Å². The number of amides is 2. The van der Waals surface area contributed by atoms with Crippen LogP contribution < -0.4 is 15.4 Å². The second-order valence-electron chi connectivity index (χ2n) is 6.01. The molecule has 0 aliphatic heterocycles. The first-order valence-electron chi connectivity index (χ1n) is 8.11. The van der Waals surface area contributed by atoms with Gasteiger partial charge in [0.2, 0.25) is 0 Å². The van der Waals surface area contributed by atoms with Crippen LogP contribution in [0.15, 0.2) is 42.5 Å². The average molecular weight is 376 g/mol. The summed E-state index contributed by atoms with van der Waals surface area (Å²) in [6.07, 6.45) is 0. The topological polar surface area (TPSA) is 96.7 Å². The molecule has 144 valence electrons. The Balaban J connectivity index is 2.07. The van der Waals surface area contributed by atoms with Crippen molar-refractivity contribution in [2.24, 2.45) is 0 Å². The number of hydrogen-bond donors (Lipinski definition) is 2. The molecule has 2 amide bonds. The smallest absolute Gasteiger partial charge is 0.319 e. The average Bonchev–Trinajstić information content (AvgIpc) is 2.63. The number of rotatable bonds is 7. The van der Waals surface area contributed by atoms with Crippen molar-refractivity contribution in [2.75, 3.05) is 33.1 Å². The molecular weight excluding hydrogens is 355 g/mol. The van der Waals surface area contributed by atoms with Crippen LogP contribution in [-0.2, 0) is 0 Å². The number of ether oxygens (including phenoxy) is 1. The first-order chi connectivity index (χ1) is 12.8. The van der Waals surface area contributed by atoms with Gasteiger partial charge in [0.25, 0.3) is 5.69 Å². The standard InChI is InChI=1S/C18H21FN4O4/c1-22(2)16(12-4-6-13(19)7-5-12)11-20-18(24)21-15-10-14(23(25)26)8-9-17(15)27-3/h4-10,16H,11H2,1-3H3,(H2,20,21,24). The van der Waals surface area contributed by atoms with Gasteiger partial charge in [-0.3, -0.25) is 10.1 Å². The molecule has 0 aliphatic rings. The van der Waals surface area contributed by atoms with Crippen LogP contribution in [-0.4, -0.2) is 43.6 Å². The zero-order valence-corrected chi connectivity index (χ0v) is 15.2. The predicted octanol–water partition coefficient (Wildman–Crippen LogP) is 3.17. The van der Waals surface area contributed by atoms with E-state index in [1.54, 1.807) is 12.1 Å². The number of carbonyl (C=O) groups excluding carboxylic acids is 1. The van der Waals surface area contributed by atoms with E-state index in [0.29, 0.717) is 5.75 Å². The number of urea groups is 1. The second kappa shape index (κ2) is 8.95. The molecule has 0 heterocycles. The number of likely N-dealkylation sites (N-methyl/N-ethyl adjacent to an activating group) is 1. The molecule has 0 saturated heterocycles. The zero-order chi connectivity index (χ0) is 20.0. The highest BCUT2D eigenvalue weighted by atomic mass is 19.1. The van der Waals surface area contributed by atoms with Crippen LogP contribution in [0.3, 0.4) is 0 Å². The summed E-state index contributed by atoms with van der Waals surface area (Å²) >= 11 is 0. The van der Waals surface area contributed by atoms with Crippen molar-refractivity contribution in [3.63, 3.8) is 0 Å². The molecule has 27 heavy (non-hydrogen) atoms. The minimum Gasteiger partial charge on any atom is -0.495 e. The number of nitrogens with one attached hydrogen (secondary N) is 2. The van der Waals surface area contributed by atoms with E-state index in [9.17, 15) is 19.3 Å². The van der Waals surface area contributed by atoms with Crippen LogP contribution in [0.4, 0.5) is 20.6 Å². The fraction of sp³-hybridized carbons (Fsp3) is 0.278. The molecule has 2 aromatic rings. The molecule has 0 spiro atoms. The molecule has 0 aromatic heterocycles. The molecule has 0 saturated carbocycles. The van der Waals surface area contributed by atoms with Gasteiger partial charge in [0.05, 0.1) is 23.8 Å². The van der Waals surface area contributed by atoms with E-state index in [2.05, 4.69) is 10.6 Å². The molecule has 2 aromatic carbocycles. The lowest BCUT2D eigenvalue weighted by Crippen LogP contribution is -2.37. The maximum atomic E-state index is 13.1. The minimum absolute atomic E-state index is 0.163. The number of non-ortho nitro benzene ring substituents is 1. The van der Waals surface area contributed by atoms with Gasteiger partial charge in [-0.15, -0.1) is 0 Å². The summed E-state index contributed by atoms with van der Waals surface area (Å²) < 4.78 is 18.2. The van der Waals surface area contributed by atoms with E-state index in [-0.39, 0.29) is 29.8 Å². The summed E-state index contributed by atoms with van der Waals surface area (Å²) in [4.78, 5) is 24.5. The van der Waals surface area contributed by atoms with Gasteiger partial charge in [-0.1, -0.05) is 12.1 Å². The highest BCUT2D eigenvalue weighted by Crippen LogP contribution is 2.28. The number of nitro groups is 1. The van der Waals surface area contributed by atoms with Crippen molar-refractivity contribution >= 4 is 17.4 Å². The van der Waals surface area contributed by atoms with Crippen LogP contribution in [0.25, 0.3) is 0 Å². The Labute approximate surface area is 156 Å². The SMILES string of the molecule is COc1ccc([N+](=O)[O-])cc1NC(=O)NCC(c1ccc(F)cc1)N(C)C.